The van der Waals surface area contributed by atoms with Gasteiger partial charge in [0, 0.05) is 11.6 Å². The van der Waals surface area contributed by atoms with Crippen LogP contribution in [0.5, 0.6) is 23.0 Å². The molecular formula is C18H20N2O5. The minimum Gasteiger partial charge on any atom is -0.497 e. The van der Waals surface area contributed by atoms with Crippen molar-refractivity contribution in [1.82, 2.24) is 5.43 Å². The average molecular weight is 344 g/mol. The number of carbonyl (C=O) groups excluding carboxylic acids is 1. The standard InChI is InChI=1S/C18H20N2O5/c1-22-14-8-13(9-15(10-14)23-2)18(21)20-19-11-12-5-6-16(24-3)17(7-12)25-4/h5-11H,1-4H3,(H,20,21)/b19-11-. The molecule has 132 valence electrons. The van der Waals surface area contributed by atoms with Gasteiger partial charge in [0.2, 0.25) is 0 Å². The Kier molecular flexibility index (Phi) is 6.22. The quantitative estimate of drug-likeness (QED) is 0.617. The number of hydrazone groups is 1. The van der Waals surface area contributed by atoms with Crippen LogP contribution in [0, 0.1) is 0 Å². The van der Waals surface area contributed by atoms with Crippen molar-refractivity contribution in [2.45, 2.75) is 0 Å². The summed E-state index contributed by atoms with van der Waals surface area (Å²) in [6, 6.07) is 10.2. The highest BCUT2D eigenvalue weighted by molar-refractivity contribution is 5.95. The summed E-state index contributed by atoms with van der Waals surface area (Å²) in [6.45, 7) is 0. The maximum atomic E-state index is 12.2. The number of nitrogens with one attached hydrogen (secondary N) is 1. The fraction of sp³-hybridized carbons (Fsp3) is 0.222. The van der Waals surface area contributed by atoms with E-state index in [9.17, 15) is 4.79 Å². The Labute approximate surface area is 146 Å². The van der Waals surface area contributed by atoms with E-state index >= 15 is 0 Å². The molecule has 1 N–H and O–H groups in total. The maximum Gasteiger partial charge on any atom is 0.271 e. The van der Waals surface area contributed by atoms with E-state index in [1.165, 1.54) is 20.4 Å². The minimum atomic E-state index is -0.381. The Balaban J connectivity index is 2.10. The maximum absolute atomic E-state index is 12.2. The summed E-state index contributed by atoms with van der Waals surface area (Å²) in [5.41, 5.74) is 3.59. The van der Waals surface area contributed by atoms with Gasteiger partial charge in [-0.25, -0.2) is 5.43 Å². The summed E-state index contributed by atoms with van der Waals surface area (Å²) < 4.78 is 20.7. The predicted molar refractivity (Wildman–Crippen MR) is 94.2 cm³/mol. The van der Waals surface area contributed by atoms with E-state index in [2.05, 4.69) is 10.5 Å². The summed E-state index contributed by atoms with van der Waals surface area (Å²) in [7, 11) is 6.16. The van der Waals surface area contributed by atoms with Crippen LogP contribution in [0.1, 0.15) is 15.9 Å². The molecule has 2 rings (SSSR count). The third kappa shape index (κ3) is 4.63. The van der Waals surface area contributed by atoms with Gasteiger partial charge in [-0.15, -0.1) is 0 Å². The zero-order valence-electron chi connectivity index (χ0n) is 14.5. The van der Waals surface area contributed by atoms with Crippen LogP contribution in [0.2, 0.25) is 0 Å². The SMILES string of the molecule is COc1cc(OC)cc(C(=O)N/N=C\c2ccc(OC)c(OC)c2)c1. The summed E-state index contributed by atoms with van der Waals surface area (Å²) in [5, 5.41) is 3.96. The van der Waals surface area contributed by atoms with Gasteiger partial charge in [0.1, 0.15) is 11.5 Å². The van der Waals surface area contributed by atoms with Gasteiger partial charge in [-0.1, -0.05) is 0 Å². The lowest BCUT2D eigenvalue weighted by Crippen LogP contribution is -2.17. The summed E-state index contributed by atoms with van der Waals surface area (Å²) >= 11 is 0. The van der Waals surface area contributed by atoms with E-state index in [-0.39, 0.29) is 5.91 Å². The average Bonchev–Trinajstić information content (AvgIpc) is 2.67. The van der Waals surface area contributed by atoms with Crippen molar-refractivity contribution < 1.29 is 23.7 Å². The number of methoxy groups -OCH3 is 4. The van der Waals surface area contributed by atoms with Crippen molar-refractivity contribution in [3.63, 3.8) is 0 Å². The highest BCUT2D eigenvalue weighted by Crippen LogP contribution is 2.27. The largest absolute Gasteiger partial charge is 0.497 e. The lowest BCUT2D eigenvalue weighted by Gasteiger charge is -2.08. The Hall–Kier alpha value is -3.22. The fourth-order valence-electron chi connectivity index (χ4n) is 2.10. The van der Waals surface area contributed by atoms with Gasteiger partial charge in [0.15, 0.2) is 11.5 Å². The van der Waals surface area contributed by atoms with Crippen molar-refractivity contribution in [2.24, 2.45) is 5.10 Å². The molecule has 2 aromatic rings. The van der Waals surface area contributed by atoms with Crippen LogP contribution < -0.4 is 24.4 Å². The molecule has 25 heavy (non-hydrogen) atoms. The number of amides is 1. The van der Waals surface area contributed by atoms with Gasteiger partial charge in [-0.05, 0) is 35.9 Å². The highest BCUT2D eigenvalue weighted by Gasteiger charge is 2.09. The monoisotopic (exact) mass is 344 g/mol. The summed E-state index contributed by atoms with van der Waals surface area (Å²) in [5.74, 6) is 1.86. The molecule has 0 saturated heterocycles. The van der Waals surface area contributed by atoms with Gasteiger partial charge < -0.3 is 18.9 Å². The lowest BCUT2D eigenvalue weighted by atomic mass is 10.2. The molecule has 2 aromatic carbocycles. The fourth-order valence-corrected chi connectivity index (χ4v) is 2.10. The second-order valence-electron chi connectivity index (χ2n) is 4.91. The zero-order chi connectivity index (χ0) is 18.2. The molecule has 0 atom stereocenters. The lowest BCUT2D eigenvalue weighted by molar-refractivity contribution is 0.0954. The number of nitrogens with zero attached hydrogens (tertiary/aromatic N) is 1. The van der Waals surface area contributed by atoms with Crippen LogP contribution in [-0.4, -0.2) is 40.6 Å². The number of benzene rings is 2. The first-order chi connectivity index (χ1) is 12.1. The topological polar surface area (TPSA) is 78.4 Å². The van der Waals surface area contributed by atoms with Crippen molar-refractivity contribution in [2.75, 3.05) is 28.4 Å². The van der Waals surface area contributed by atoms with E-state index in [1.54, 1.807) is 50.6 Å². The molecule has 0 aliphatic rings. The van der Waals surface area contributed by atoms with Crippen molar-refractivity contribution in [3.05, 3.63) is 47.5 Å². The van der Waals surface area contributed by atoms with E-state index in [0.717, 1.165) is 5.56 Å². The van der Waals surface area contributed by atoms with Gasteiger partial charge in [-0.2, -0.15) is 5.10 Å². The Morgan fingerprint density at radius 1 is 0.880 bits per heavy atom. The molecule has 0 heterocycles. The Morgan fingerprint density at radius 3 is 2.08 bits per heavy atom. The molecular weight excluding hydrogens is 324 g/mol. The number of hydrogen-bond acceptors (Lipinski definition) is 6. The summed E-state index contributed by atoms with van der Waals surface area (Å²) in [6.07, 6.45) is 1.51. The number of rotatable bonds is 7. The Morgan fingerprint density at radius 2 is 1.52 bits per heavy atom. The van der Waals surface area contributed by atoms with Gasteiger partial charge >= 0.3 is 0 Å². The number of carbonyl (C=O) groups is 1. The number of hydrogen-bond donors (Lipinski definition) is 1. The van der Waals surface area contributed by atoms with E-state index in [4.69, 9.17) is 18.9 Å². The van der Waals surface area contributed by atoms with Crippen molar-refractivity contribution in [3.8, 4) is 23.0 Å². The third-order valence-corrected chi connectivity index (χ3v) is 3.40. The van der Waals surface area contributed by atoms with E-state index < -0.39 is 0 Å². The molecule has 7 heteroatoms. The molecule has 0 saturated carbocycles. The molecule has 0 aromatic heterocycles. The van der Waals surface area contributed by atoms with Crippen molar-refractivity contribution in [1.29, 1.82) is 0 Å². The van der Waals surface area contributed by atoms with Gasteiger partial charge in [-0.3, -0.25) is 4.79 Å². The van der Waals surface area contributed by atoms with Crippen LogP contribution in [-0.2, 0) is 0 Å². The first-order valence-electron chi connectivity index (χ1n) is 7.39. The van der Waals surface area contributed by atoms with Crippen molar-refractivity contribution >= 4 is 12.1 Å². The molecule has 0 aliphatic carbocycles. The molecule has 0 aliphatic heterocycles. The first kappa shape index (κ1) is 18.1. The Bertz CT molecular complexity index is 752. The highest BCUT2D eigenvalue weighted by atomic mass is 16.5. The molecule has 1 amide bonds. The molecule has 0 spiro atoms. The van der Waals surface area contributed by atoms with E-state index in [0.29, 0.717) is 28.6 Å². The number of ether oxygens (including phenoxy) is 4. The van der Waals surface area contributed by atoms with Gasteiger partial charge in [0.25, 0.3) is 5.91 Å². The normalized spacial score (nSPS) is 10.4. The second-order valence-corrected chi connectivity index (χ2v) is 4.91. The van der Waals surface area contributed by atoms with Gasteiger partial charge in [0.05, 0.1) is 34.7 Å². The van der Waals surface area contributed by atoms with Crippen LogP contribution >= 0.6 is 0 Å². The van der Waals surface area contributed by atoms with E-state index in [1.807, 2.05) is 0 Å². The van der Waals surface area contributed by atoms with Crippen LogP contribution in [0.4, 0.5) is 0 Å². The smallest absolute Gasteiger partial charge is 0.271 e. The predicted octanol–water partition coefficient (Wildman–Crippen LogP) is 2.48. The summed E-state index contributed by atoms with van der Waals surface area (Å²) in [4.78, 5) is 12.2. The van der Waals surface area contributed by atoms with Crippen LogP contribution in [0.15, 0.2) is 41.5 Å². The molecule has 7 nitrogen and oxygen atoms in total. The molecule has 0 unspecified atom stereocenters. The molecule has 0 fully saturated rings. The minimum absolute atomic E-state index is 0.376. The zero-order valence-corrected chi connectivity index (χ0v) is 14.5. The van der Waals surface area contributed by atoms with Crippen LogP contribution in [0.25, 0.3) is 0 Å². The first-order valence-corrected chi connectivity index (χ1v) is 7.39. The second kappa shape index (κ2) is 8.58. The van der Waals surface area contributed by atoms with Crippen LogP contribution in [0.3, 0.4) is 0 Å². The molecule has 0 radical (unpaired) electrons. The molecule has 0 bridgehead atoms. The third-order valence-electron chi connectivity index (χ3n) is 3.40.